The van der Waals surface area contributed by atoms with Crippen LogP contribution in [0.5, 0.6) is 0 Å². The van der Waals surface area contributed by atoms with Gasteiger partial charge in [-0.1, -0.05) is 0 Å². The minimum Gasteiger partial charge on any atom is -0.381 e. The lowest BCUT2D eigenvalue weighted by Crippen LogP contribution is -2.42. The number of likely N-dealkylation sites (tertiary alicyclic amines) is 1. The van der Waals surface area contributed by atoms with Gasteiger partial charge in [-0.3, -0.25) is 9.89 Å². The first kappa shape index (κ1) is 10.8. The number of hydrogen-bond acceptors (Lipinski definition) is 3. The van der Waals surface area contributed by atoms with Crippen molar-refractivity contribution in [2.75, 3.05) is 26.3 Å². The van der Waals surface area contributed by atoms with Crippen molar-refractivity contribution in [3.8, 4) is 0 Å². The normalized spacial score (nSPS) is 21.3. The van der Waals surface area contributed by atoms with Crippen molar-refractivity contribution in [1.29, 1.82) is 0 Å². The molecule has 1 amide bonds. The Morgan fingerprint density at radius 3 is 2.82 bits per heavy atom. The molecule has 17 heavy (non-hydrogen) atoms. The molecule has 0 aromatic carbocycles. The number of carbonyl (C=O) groups is 1. The zero-order valence-electron chi connectivity index (χ0n) is 9.82. The molecular formula is C12H17N3O2. The predicted octanol–water partition coefficient (Wildman–Crippen LogP) is 1.15. The van der Waals surface area contributed by atoms with Gasteiger partial charge in [-0.15, -0.1) is 0 Å². The van der Waals surface area contributed by atoms with Crippen LogP contribution >= 0.6 is 0 Å². The van der Waals surface area contributed by atoms with E-state index >= 15 is 0 Å². The molecule has 3 rings (SSSR count). The number of carbonyl (C=O) groups excluding carboxylic acids is 1. The van der Waals surface area contributed by atoms with Crippen LogP contribution in [0.1, 0.15) is 41.4 Å². The average Bonchev–Trinajstić information content (AvgIpc) is 2.77. The van der Waals surface area contributed by atoms with Crippen LogP contribution in [0.3, 0.4) is 0 Å². The van der Waals surface area contributed by atoms with Crippen molar-refractivity contribution < 1.29 is 9.53 Å². The number of nitrogens with one attached hydrogen (secondary N) is 1. The fraction of sp³-hybridized carbons (Fsp3) is 0.667. The molecule has 3 heterocycles. The van der Waals surface area contributed by atoms with Gasteiger partial charge in [0.25, 0.3) is 5.91 Å². The number of aromatic amines is 1. The molecule has 0 aliphatic carbocycles. The first-order chi connectivity index (χ1) is 8.34. The van der Waals surface area contributed by atoms with Gasteiger partial charge in [0.05, 0.1) is 0 Å². The molecule has 0 spiro atoms. The largest absolute Gasteiger partial charge is 0.381 e. The standard InChI is InChI=1S/C12H17N3O2/c16-12(15-4-1-5-15)11-8-10(13-14-11)9-2-6-17-7-3-9/h8-9H,1-7H2,(H,13,14). The van der Waals surface area contributed by atoms with Gasteiger partial charge in [0, 0.05) is 37.9 Å². The van der Waals surface area contributed by atoms with Crippen molar-refractivity contribution in [3.05, 3.63) is 17.5 Å². The number of amides is 1. The zero-order valence-corrected chi connectivity index (χ0v) is 9.82. The minimum atomic E-state index is 0.0609. The number of hydrogen-bond donors (Lipinski definition) is 1. The molecule has 1 N–H and O–H groups in total. The van der Waals surface area contributed by atoms with E-state index in [0.717, 1.165) is 51.3 Å². The summed E-state index contributed by atoms with van der Waals surface area (Å²) in [5.74, 6) is 0.528. The summed E-state index contributed by atoms with van der Waals surface area (Å²) in [5.41, 5.74) is 1.64. The first-order valence-corrected chi connectivity index (χ1v) is 6.27. The van der Waals surface area contributed by atoms with Crippen LogP contribution in [-0.4, -0.2) is 47.3 Å². The molecule has 5 nitrogen and oxygen atoms in total. The maximum absolute atomic E-state index is 11.9. The number of rotatable bonds is 2. The number of ether oxygens (including phenoxy) is 1. The predicted molar refractivity (Wildman–Crippen MR) is 61.9 cm³/mol. The second kappa shape index (κ2) is 4.49. The van der Waals surface area contributed by atoms with Crippen LogP contribution in [0.4, 0.5) is 0 Å². The minimum absolute atomic E-state index is 0.0609. The highest BCUT2D eigenvalue weighted by molar-refractivity contribution is 5.92. The second-order valence-electron chi connectivity index (χ2n) is 4.74. The summed E-state index contributed by atoms with van der Waals surface area (Å²) in [5, 5.41) is 7.14. The van der Waals surface area contributed by atoms with Gasteiger partial charge in [-0.25, -0.2) is 0 Å². The van der Waals surface area contributed by atoms with Gasteiger partial charge < -0.3 is 9.64 Å². The molecule has 0 bridgehead atoms. The number of nitrogens with zero attached hydrogens (tertiary/aromatic N) is 2. The van der Waals surface area contributed by atoms with Crippen LogP contribution in [0.25, 0.3) is 0 Å². The number of aromatic nitrogens is 2. The van der Waals surface area contributed by atoms with Gasteiger partial charge >= 0.3 is 0 Å². The molecule has 5 heteroatoms. The summed E-state index contributed by atoms with van der Waals surface area (Å²) in [7, 11) is 0. The van der Waals surface area contributed by atoms with Gasteiger partial charge in [0.1, 0.15) is 5.69 Å². The molecule has 1 aromatic heterocycles. The van der Waals surface area contributed by atoms with E-state index in [4.69, 9.17) is 4.74 Å². The van der Waals surface area contributed by atoms with Crippen LogP contribution in [0.2, 0.25) is 0 Å². The maximum atomic E-state index is 11.9. The molecule has 2 fully saturated rings. The van der Waals surface area contributed by atoms with Crippen LogP contribution in [0.15, 0.2) is 6.07 Å². The summed E-state index contributed by atoms with van der Waals surface area (Å²) in [6.07, 6.45) is 3.14. The Bertz CT molecular complexity index is 406. The van der Waals surface area contributed by atoms with Gasteiger partial charge in [-0.05, 0) is 25.3 Å². The van der Waals surface area contributed by atoms with Gasteiger partial charge in [-0.2, -0.15) is 5.10 Å². The molecule has 0 radical (unpaired) electrons. The highest BCUT2D eigenvalue weighted by Crippen LogP contribution is 2.26. The summed E-state index contributed by atoms with van der Waals surface area (Å²) < 4.78 is 5.33. The zero-order chi connectivity index (χ0) is 11.7. The lowest BCUT2D eigenvalue weighted by molar-refractivity contribution is 0.0645. The van der Waals surface area contributed by atoms with Crippen LogP contribution in [-0.2, 0) is 4.74 Å². The van der Waals surface area contributed by atoms with Crippen molar-refractivity contribution in [2.45, 2.75) is 25.2 Å². The van der Waals surface area contributed by atoms with E-state index in [0.29, 0.717) is 11.6 Å². The maximum Gasteiger partial charge on any atom is 0.274 e. The average molecular weight is 235 g/mol. The van der Waals surface area contributed by atoms with Crippen LogP contribution < -0.4 is 0 Å². The molecule has 0 atom stereocenters. The van der Waals surface area contributed by atoms with E-state index in [2.05, 4.69) is 10.2 Å². The van der Waals surface area contributed by atoms with Crippen LogP contribution in [0, 0.1) is 0 Å². The Morgan fingerprint density at radius 1 is 1.41 bits per heavy atom. The van der Waals surface area contributed by atoms with Crippen molar-refractivity contribution in [3.63, 3.8) is 0 Å². The summed E-state index contributed by atoms with van der Waals surface area (Å²) in [6, 6.07) is 1.91. The SMILES string of the molecule is O=C(c1cc(C2CCOCC2)[nH]n1)N1CCC1. The Hall–Kier alpha value is -1.36. The molecule has 2 aliphatic rings. The van der Waals surface area contributed by atoms with Crippen molar-refractivity contribution in [1.82, 2.24) is 15.1 Å². The lowest BCUT2D eigenvalue weighted by atomic mass is 9.96. The summed E-state index contributed by atoms with van der Waals surface area (Å²) in [4.78, 5) is 13.8. The Kier molecular flexibility index (Phi) is 2.84. The van der Waals surface area contributed by atoms with Crippen molar-refractivity contribution >= 4 is 5.91 Å². The fourth-order valence-electron chi connectivity index (χ4n) is 2.35. The van der Waals surface area contributed by atoms with E-state index in [1.54, 1.807) is 0 Å². The molecular weight excluding hydrogens is 218 g/mol. The molecule has 2 aliphatic heterocycles. The first-order valence-electron chi connectivity index (χ1n) is 6.27. The topological polar surface area (TPSA) is 58.2 Å². The Labute approximate surface area is 100 Å². The lowest BCUT2D eigenvalue weighted by Gasteiger charge is -2.29. The highest BCUT2D eigenvalue weighted by atomic mass is 16.5. The molecule has 92 valence electrons. The molecule has 2 saturated heterocycles. The smallest absolute Gasteiger partial charge is 0.274 e. The summed E-state index contributed by atoms with van der Waals surface area (Å²) >= 11 is 0. The third-order valence-electron chi connectivity index (χ3n) is 3.62. The molecule has 0 unspecified atom stereocenters. The van der Waals surface area contributed by atoms with E-state index in [9.17, 15) is 4.79 Å². The fourth-order valence-corrected chi connectivity index (χ4v) is 2.35. The second-order valence-corrected chi connectivity index (χ2v) is 4.74. The van der Waals surface area contributed by atoms with E-state index < -0.39 is 0 Å². The van der Waals surface area contributed by atoms with E-state index in [-0.39, 0.29) is 5.91 Å². The van der Waals surface area contributed by atoms with Gasteiger partial charge in [0.2, 0.25) is 0 Å². The summed E-state index contributed by atoms with van der Waals surface area (Å²) in [6.45, 7) is 3.36. The third kappa shape index (κ3) is 2.07. The highest BCUT2D eigenvalue weighted by Gasteiger charge is 2.25. The van der Waals surface area contributed by atoms with Gasteiger partial charge in [0.15, 0.2) is 0 Å². The molecule has 0 saturated carbocycles. The third-order valence-corrected chi connectivity index (χ3v) is 3.62. The number of H-pyrrole nitrogens is 1. The Morgan fingerprint density at radius 2 is 2.18 bits per heavy atom. The monoisotopic (exact) mass is 235 g/mol. The van der Waals surface area contributed by atoms with E-state index in [1.807, 2.05) is 11.0 Å². The van der Waals surface area contributed by atoms with E-state index in [1.165, 1.54) is 0 Å². The van der Waals surface area contributed by atoms with Crippen molar-refractivity contribution in [2.24, 2.45) is 0 Å². The molecule has 1 aromatic rings. The quantitative estimate of drug-likeness (QED) is 0.836. The Balaban J connectivity index is 1.70.